The molecule has 0 spiro atoms. The van der Waals surface area contributed by atoms with Gasteiger partial charge in [-0.3, -0.25) is 0 Å². The van der Waals surface area contributed by atoms with Gasteiger partial charge in [0.25, 0.3) is 0 Å². The molecule has 0 fully saturated rings. The van der Waals surface area contributed by atoms with Gasteiger partial charge >= 0.3 is 6.16 Å². The summed E-state index contributed by atoms with van der Waals surface area (Å²) in [6.07, 6.45) is 1.17. The summed E-state index contributed by atoms with van der Waals surface area (Å²) in [6.45, 7) is 6.20. The van der Waals surface area contributed by atoms with Crippen LogP contribution < -0.4 is 0 Å². The highest BCUT2D eigenvalue weighted by atomic mass is 16.7. The fourth-order valence-electron chi connectivity index (χ4n) is 0.641. The predicted octanol–water partition coefficient (Wildman–Crippen LogP) is 1.96. The highest BCUT2D eigenvalue weighted by molar-refractivity contribution is 5.59. The highest BCUT2D eigenvalue weighted by Gasteiger charge is 2.19. The SMILES string of the molecule is CCCCOC(=O)OCC(C)(C)CO. The summed E-state index contributed by atoms with van der Waals surface area (Å²) in [5, 5.41) is 8.89. The number of hydrogen-bond acceptors (Lipinski definition) is 4. The molecule has 4 nitrogen and oxygen atoms in total. The van der Waals surface area contributed by atoms with Crippen molar-refractivity contribution in [1.82, 2.24) is 0 Å². The Morgan fingerprint density at radius 3 is 2.50 bits per heavy atom. The number of rotatable bonds is 6. The number of carbonyl (C=O) groups is 1. The van der Waals surface area contributed by atoms with E-state index < -0.39 is 11.6 Å². The van der Waals surface area contributed by atoms with E-state index in [9.17, 15) is 4.79 Å². The molecule has 0 aliphatic rings. The second kappa shape index (κ2) is 6.65. The van der Waals surface area contributed by atoms with E-state index in [0.717, 1.165) is 12.8 Å². The van der Waals surface area contributed by atoms with Crippen LogP contribution in [0, 0.1) is 5.41 Å². The van der Waals surface area contributed by atoms with Crippen molar-refractivity contribution in [2.75, 3.05) is 19.8 Å². The summed E-state index contributed by atoms with van der Waals surface area (Å²) < 4.78 is 9.60. The average Bonchev–Trinajstić information content (AvgIpc) is 2.16. The molecule has 0 aromatic rings. The molecule has 0 aliphatic heterocycles. The van der Waals surface area contributed by atoms with Crippen molar-refractivity contribution in [2.45, 2.75) is 33.6 Å². The van der Waals surface area contributed by atoms with Gasteiger partial charge < -0.3 is 14.6 Å². The Labute approximate surface area is 85.2 Å². The Morgan fingerprint density at radius 2 is 2.00 bits per heavy atom. The molecule has 0 aromatic heterocycles. The van der Waals surface area contributed by atoms with Crippen molar-refractivity contribution < 1.29 is 19.4 Å². The van der Waals surface area contributed by atoms with Crippen LogP contribution in [0.5, 0.6) is 0 Å². The van der Waals surface area contributed by atoms with Crippen molar-refractivity contribution >= 4 is 6.16 Å². The Bertz CT molecular complexity index is 166. The summed E-state index contributed by atoms with van der Waals surface area (Å²) in [5.74, 6) is 0. The van der Waals surface area contributed by atoms with Gasteiger partial charge in [-0.25, -0.2) is 4.79 Å². The molecule has 0 aromatic carbocycles. The van der Waals surface area contributed by atoms with Crippen LogP contribution >= 0.6 is 0 Å². The van der Waals surface area contributed by atoms with E-state index in [1.54, 1.807) is 0 Å². The van der Waals surface area contributed by atoms with Gasteiger partial charge in [-0.05, 0) is 6.42 Å². The van der Waals surface area contributed by atoms with E-state index in [-0.39, 0.29) is 13.2 Å². The third-order valence-electron chi connectivity index (χ3n) is 1.73. The number of aliphatic hydroxyl groups excluding tert-OH is 1. The minimum absolute atomic E-state index is 0.0186. The van der Waals surface area contributed by atoms with Gasteiger partial charge in [0, 0.05) is 5.41 Å². The van der Waals surface area contributed by atoms with Crippen molar-refractivity contribution in [3.8, 4) is 0 Å². The molecule has 4 heteroatoms. The van der Waals surface area contributed by atoms with Crippen LogP contribution in [-0.4, -0.2) is 31.1 Å². The molecule has 0 unspecified atom stereocenters. The lowest BCUT2D eigenvalue weighted by molar-refractivity contribution is 0.0135. The molecule has 0 saturated carbocycles. The third kappa shape index (κ3) is 6.71. The standard InChI is InChI=1S/C10H20O4/c1-4-5-6-13-9(12)14-8-10(2,3)7-11/h11H,4-8H2,1-3H3. The number of ether oxygens (including phenoxy) is 2. The molecule has 0 heterocycles. The lowest BCUT2D eigenvalue weighted by atomic mass is 9.97. The number of aliphatic hydroxyl groups is 1. The molecule has 0 bridgehead atoms. The van der Waals surface area contributed by atoms with E-state index in [2.05, 4.69) is 0 Å². The maximum Gasteiger partial charge on any atom is 0.508 e. The molecule has 0 radical (unpaired) electrons. The molecular formula is C10H20O4. The fraction of sp³-hybridized carbons (Fsp3) is 0.900. The molecule has 1 N–H and O–H groups in total. The Balaban J connectivity index is 3.53. The molecule has 0 atom stereocenters. The zero-order chi connectivity index (χ0) is 11.0. The predicted molar refractivity (Wildman–Crippen MR) is 53.1 cm³/mol. The van der Waals surface area contributed by atoms with Crippen LogP contribution in [0.25, 0.3) is 0 Å². The first-order valence-corrected chi connectivity index (χ1v) is 4.92. The normalized spacial score (nSPS) is 11.1. The van der Waals surface area contributed by atoms with Crippen LogP contribution in [0.3, 0.4) is 0 Å². The van der Waals surface area contributed by atoms with E-state index >= 15 is 0 Å². The monoisotopic (exact) mass is 204 g/mol. The highest BCUT2D eigenvalue weighted by Crippen LogP contribution is 2.13. The topological polar surface area (TPSA) is 55.8 Å². The first kappa shape index (κ1) is 13.2. The Morgan fingerprint density at radius 1 is 1.36 bits per heavy atom. The van der Waals surface area contributed by atoms with Gasteiger partial charge in [-0.15, -0.1) is 0 Å². The fourth-order valence-corrected chi connectivity index (χ4v) is 0.641. The van der Waals surface area contributed by atoms with Crippen molar-refractivity contribution in [1.29, 1.82) is 0 Å². The Kier molecular flexibility index (Phi) is 6.28. The van der Waals surface area contributed by atoms with Crippen molar-refractivity contribution in [2.24, 2.45) is 5.41 Å². The van der Waals surface area contributed by atoms with Gasteiger partial charge in [-0.2, -0.15) is 0 Å². The van der Waals surface area contributed by atoms with E-state index in [1.807, 2.05) is 20.8 Å². The van der Waals surface area contributed by atoms with E-state index in [0.29, 0.717) is 6.61 Å². The van der Waals surface area contributed by atoms with Crippen LogP contribution in [-0.2, 0) is 9.47 Å². The molecular weight excluding hydrogens is 184 g/mol. The van der Waals surface area contributed by atoms with Crippen LogP contribution in [0.15, 0.2) is 0 Å². The van der Waals surface area contributed by atoms with Crippen LogP contribution in [0.4, 0.5) is 4.79 Å². The van der Waals surface area contributed by atoms with E-state index in [1.165, 1.54) is 0 Å². The van der Waals surface area contributed by atoms with Crippen LogP contribution in [0.1, 0.15) is 33.6 Å². The van der Waals surface area contributed by atoms with Gasteiger partial charge in [-0.1, -0.05) is 27.2 Å². The van der Waals surface area contributed by atoms with E-state index in [4.69, 9.17) is 14.6 Å². The quantitative estimate of drug-likeness (QED) is 0.530. The van der Waals surface area contributed by atoms with Gasteiger partial charge in [0.05, 0.1) is 13.2 Å². The first-order chi connectivity index (χ1) is 6.52. The molecule has 0 saturated heterocycles. The minimum atomic E-state index is -0.653. The molecule has 84 valence electrons. The minimum Gasteiger partial charge on any atom is -0.434 e. The number of unbranched alkanes of at least 4 members (excludes halogenated alkanes) is 1. The zero-order valence-corrected chi connectivity index (χ0v) is 9.21. The zero-order valence-electron chi connectivity index (χ0n) is 9.21. The summed E-state index contributed by atoms with van der Waals surface area (Å²) in [5.41, 5.74) is -0.399. The molecule has 14 heavy (non-hydrogen) atoms. The summed E-state index contributed by atoms with van der Waals surface area (Å²) >= 11 is 0. The smallest absolute Gasteiger partial charge is 0.434 e. The lowest BCUT2D eigenvalue weighted by Crippen LogP contribution is -2.25. The summed E-state index contributed by atoms with van der Waals surface area (Å²) in [4.78, 5) is 11.0. The largest absolute Gasteiger partial charge is 0.508 e. The molecule has 0 rings (SSSR count). The van der Waals surface area contributed by atoms with Crippen molar-refractivity contribution in [3.05, 3.63) is 0 Å². The van der Waals surface area contributed by atoms with Crippen LogP contribution in [0.2, 0.25) is 0 Å². The maximum absolute atomic E-state index is 11.0. The molecule has 0 aliphatic carbocycles. The molecule has 0 amide bonds. The maximum atomic E-state index is 11.0. The Hall–Kier alpha value is -0.770. The number of hydrogen-bond donors (Lipinski definition) is 1. The first-order valence-electron chi connectivity index (χ1n) is 4.92. The summed E-state index contributed by atoms with van der Waals surface area (Å²) in [6, 6.07) is 0. The lowest BCUT2D eigenvalue weighted by Gasteiger charge is -2.20. The average molecular weight is 204 g/mol. The second-order valence-corrected chi connectivity index (χ2v) is 4.06. The third-order valence-corrected chi connectivity index (χ3v) is 1.73. The number of carbonyl (C=O) groups excluding carboxylic acids is 1. The van der Waals surface area contributed by atoms with Crippen molar-refractivity contribution in [3.63, 3.8) is 0 Å². The summed E-state index contributed by atoms with van der Waals surface area (Å²) in [7, 11) is 0. The van der Waals surface area contributed by atoms with Gasteiger partial charge in [0.15, 0.2) is 0 Å². The second-order valence-electron chi connectivity index (χ2n) is 4.06. The van der Waals surface area contributed by atoms with Gasteiger partial charge in [0.2, 0.25) is 0 Å². The van der Waals surface area contributed by atoms with Gasteiger partial charge in [0.1, 0.15) is 6.61 Å².